The fraction of sp³-hybridized carbons (Fsp3) is 0.381. The number of hydrogen-bond acceptors (Lipinski definition) is 1. The third-order valence-corrected chi connectivity index (χ3v) is 4.44. The van der Waals surface area contributed by atoms with Crippen molar-refractivity contribution in [1.29, 1.82) is 0 Å². The topological polar surface area (TPSA) is 29.1 Å². The molecule has 0 atom stereocenters. The van der Waals surface area contributed by atoms with E-state index in [9.17, 15) is 4.79 Å². The van der Waals surface area contributed by atoms with E-state index in [1.807, 2.05) is 24.3 Å². The molecule has 0 aliphatic rings. The number of para-hydroxylation sites is 1. The zero-order chi connectivity index (χ0) is 17.7. The van der Waals surface area contributed by atoms with Crippen molar-refractivity contribution in [3.05, 3.63) is 64.2 Å². The fourth-order valence-electron chi connectivity index (χ4n) is 2.81. The average molecular weight is 344 g/mol. The fourth-order valence-corrected chi connectivity index (χ4v) is 2.93. The number of nitrogens with one attached hydrogen (secondary N) is 1. The van der Waals surface area contributed by atoms with Crippen molar-refractivity contribution in [1.82, 2.24) is 0 Å². The molecule has 2 nitrogen and oxygen atoms in total. The first kappa shape index (κ1) is 18.5. The molecule has 0 radical (unpaired) electrons. The maximum Gasteiger partial charge on any atom is 0.224 e. The second-order valence-corrected chi connectivity index (χ2v) is 7.23. The second-order valence-electron chi connectivity index (χ2n) is 6.80. The Bertz CT molecular complexity index is 663. The van der Waals surface area contributed by atoms with Crippen molar-refractivity contribution in [2.45, 2.75) is 52.4 Å². The quantitative estimate of drug-likeness (QED) is 0.668. The van der Waals surface area contributed by atoms with Gasteiger partial charge in [-0.1, -0.05) is 69.6 Å². The molecule has 0 saturated carbocycles. The van der Waals surface area contributed by atoms with Gasteiger partial charge in [-0.3, -0.25) is 4.79 Å². The summed E-state index contributed by atoms with van der Waals surface area (Å²) in [6.45, 7) is 8.62. The van der Waals surface area contributed by atoms with Crippen LogP contribution in [0.3, 0.4) is 0 Å². The third kappa shape index (κ3) is 4.85. The van der Waals surface area contributed by atoms with Gasteiger partial charge in [0.15, 0.2) is 0 Å². The Labute approximate surface area is 150 Å². The van der Waals surface area contributed by atoms with Crippen LogP contribution in [-0.2, 0) is 11.2 Å². The maximum atomic E-state index is 12.5. The Kier molecular flexibility index (Phi) is 6.44. The summed E-state index contributed by atoms with van der Waals surface area (Å²) in [6, 6.07) is 13.9. The van der Waals surface area contributed by atoms with Crippen molar-refractivity contribution in [3.63, 3.8) is 0 Å². The number of carbonyl (C=O) groups is 1. The van der Waals surface area contributed by atoms with Crippen molar-refractivity contribution < 1.29 is 4.79 Å². The summed E-state index contributed by atoms with van der Waals surface area (Å²) in [5, 5.41) is 3.88. The van der Waals surface area contributed by atoms with Crippen molar-refractivity contribution in [2.75, 3.05) is 5.32 Å². The first-order chi connectivity index (χ1) is 11.4. The summed E-state index contributed by atoms with van der Waals surface area (Å²) in [6.07, 6.45) is 1.18. The number of hydrogen-bond donors (Lipinski definition) is 1. The van der Waals surface area contributed by atoms with Crippen molar-refractivity contribution in [3.8, 4) is 0 Å². The summed E-state index contributed by atoms with van der Waals surface area (Å²) in [5.74, 6) is 0.797. The van der Waals surface area contributed by atoms with E-state index in [0.29, 0.717) is 24.7 Å². The Hall–Kier alpha value is -1.80. The van der Waals surface area contributed by atoms with Gasteiger partial charge in [0.2, 0.25) is 5.91 Å². The minimum atomic E-state index is 0.0555. The monoisotopic (exact) mass is 343 g/mol. The zero-order valence-corrected chi connectivity index (χ0v) is 15.7. The third-order valence-electron chi connectivity index (χ3n) is 4.19. The van der Waals surface area contributed by atoms with Gasteiger partial charge in [-0.15, -0.1) is 0 Å². The predicted molar refractivity (Wildman–Crippen MR) is 103 cm³/mol. The van der Waals surface area contributed by atoms with Crippen LogP contribution in [0.25, 0.3) is 0 Å². The van der Waals surface area contributed by atoms with Crippen LogP contribution >= 0.6 is 11.6 Å². The Morgan fingerprint density at radius 3 is 2.00 bits per heavy atom. The molecule has 0 aliphatic carbocycles. The molecule has 0 heterocycles. The van der Waals surface area contributed by atoms with Gasteiger partial charge in [-0.2, -0.15) is 0 Å². The Morgan fingerprint density at radius 1 is 0.958 bits per heavy atom. The van der Waals surface area contributed by atoms with E-state index in [1.54, 1.807) is 0 Å². The molecule has 3 heteroatoms. The highest BCUT2D eigenvalue weighted by Crippen LogP contribution is 2.32. The smallest absolute Gasteiger partial charge is 0.224 e. The number of benzene rings is 2. The van der Waals surface area contributed by atoms with E-state index in [-0.39, 0.29) is 5.91 Å². The van der Waals surface area contributed by atoms with Gasteiger partial charge < -0.3 is 5.32 Å². The van der Waals surface area contributed by atoms with Gasteiger partial charge in [-0.25, -0.2) is 0 Å². The number of carbonyl (C=O) groups excluding carboxylic acids is 1. The molecule has 2 rings (SSSR count). The highest BCUT2D eigenvalue weighted by molar-refractivity contribution is 6.30. The predicted octanol–water partition coefficient (Wildman–Crippen LogP) is 6.16. The van der Waals surface area contributed by atoms with Crippen LogP contribution < -0.4 is 5.32 Å². The molecule has 0 bridgehead atoms. The van der Waals surface area contributed by atoms with Crippen LogP contribution in [0.15, 0.2) is 42.5 Å². The number of amides is 1. The number of aryl methyl sites for hydroxylation is 1. The van der Waals surface area contributed by atoms with E-state index in [4.69, 9.17) is 11.6 Å². The molecular weight excluding hydrogens is 318 g/mol. The van der Waals surface area contributed by atoms with Gasteiger partial charge in [0, 0.05) is 17.1 Å². The molecule has 0 saturated heterocycles. The lowest BCUT2D eigenvalue weighted by molar-refractivity contribution is -0.116. The Balaban J connectivity index is 2.11. The molecule has 0 spiro atoms. The zero-order valence-electron chi connectivity index (χ0n) is 14.9. The van der Waals surface area contributed by atoms with E-state index in [0.717, 1.165) is 16.3 Å². The first-order valence-electron chi connectivity index (χ1n) is 8.55. The normalized spacial score (nSPS) is 11.1. The lowest BCUT2D eigenvalue weighted by Gasteiger charge is -2.20. The van der Waals surface area contributed by atoms with Gasteiger partial charge in [0.1, 0.15) is 0 Å². The molecule has 1 amide bonds. The lowest BCUT2D eigenvalue weighted by Crippen LogP contribution is -2.16. The molecule has 0 aromatic heterocycles. The Morgan fingerprint density at radius 2 is 1.50 bits per heavy atom. The maximum absolute atomic E-state index is 12.5. The molecule has 1 N–H and O–H groups in total. The van der Waals surface area contributed by atoms with Crippen LogP contribution in [-0.4, -0.2) is 5.91 Å². The van der Waals surface area contributed by atoms with Crippen LogP contribution in [0.1, 0.15) is 62.6 Å². The minimum absolute atomic E-state index is 0.0555. The summed E-state index contributed by atoms with van der Waals surface area (Å²) < 4.78 is 0. The summed E-state index contributed by atoms with van der Waals surface area (Å²) in [5.41, 5.74) is 4.50. The number of rotatable bonds is 6. The van der Waals surface area contributed by atoms with E-state index >= 15 is 0 Å². The number of halogens is 1. The van der Waals surface area contributed by atoms with Crippen molar-refractivity contribution >= 4 is 23.2 Å². The average Bonchev–Trinajstić information content (AvgIpc) is 2.54. The SMILES string of the molecule is CC(C)c1cccc(C(C)C)c1NC(=O)CCc1ccc(Cl)cc1. The molecule has 2 aromatic carbocycles. The largest absolute Gasteiger partial charge is 0.326 e. The minimum Gasteiger partial charge on any atom is -0.326 e. The van der Waals surface area contributed by atoms with Crippen LogP contribution in [0.4, 0.5) is 5.69 Å². The summed E-state index contributed by atoms with van der Waals surface area (Å²) in [7, 11) is 0. The highest BCUT2D eigenvalue weighted by Gasteiger charge is 2.15. The number of anilines is 1. The molecule has 2 aromatic rings. The van der Waals surface area contributed by atoms with Gasteiger partial charge in [-0.05, 0) is 47.1 Å². The lowest BCUT2D eigenvalue weighted by atomic mass is 9.92. The standard InChI is InChI=1S/C21H26ClNO/c1-14(2)18-6-5-7-19(15(3)4)21(18)23-20(24)13-10-16-8-11-17(22)12-9-16/h5-9,11-12,14-15H,10,13H2,1-4H3,(H,23,24). The summed E-state index contributed by atoms with van der Waals surface area (Å²) >= 11 is 5.90. The van der Waals surface area contributed by atoms with Gasteiger partial charge in [0.25, 0.3) is 0 Å². The van der Waals surface area contributed by atoms with E-state index in [2.05, 4.69) is 51.2 Å². The van der Waals surface area contributed by atoms with Crippen LogP contribution in [0.2, 0.25) is 5.02 Å². The first-order valence-corrected chi connectivity index (χ1v) is 8.93. The molecular formula is C21H26ClNO. The molecule has 128 valence electrons. The molecule has 0 fully saturated rings. The second kappa shape index (κ2) is 8.34. The summed E-state index contributed by atoms with van der Waals surface area (Å²) in [4.78, 5) is 12.5. The van der Waals surface area contributed by atoms with Crippen LogP contribution in [0.5, 0.6) is 0 Å². The molecule has 24 heavy (non-hydrogen) atoms. The van der Waals surface area contributed by atoms with Gasteiger partial charge in [0.05, 0.1) is 0 Å². The van der Waals surface area contributed by atoms with E-state index < -0.39 is 0 Å². The molecule has 0 unspecified atom stereocenters. The van der Waals surface area contributed by atoms with Crippen molar-refractivity contribution in [2.24, 2.45) is 0 Å². The van der Waals surface area contributed by atoms with Crippen LogP contribution in [0, 0.1) is 0 Å². The van der Waals surface area contributed by atoms with Gasteiger partial charge >= 0.3 is 0 Å². The molecule has 0 aliphatic heterocycles. The highest BCUT2D eigenvalue weighted by atomic mass is 35.5. The van der Waals surface area contributed by atoms with E-state index in [1.165, 1.54) is 11.1 Å².